The first-order chi connectivity index (χ1) is 24.9. The number of aliphatic hydroxyl groups excluding tert-OH is 1. The van der Waals surface area contributed by atoms with Crippen molar-refractivity contribution >= 4 is 29.1 Å². The number of carbonyl (C=O) groups excluding carboxylic acids is 3. The highest BCUT2D eigenvalue weighted by molar-refractivity contribution is 7.10. The first-order valence-corrected chi connectivity index (χ1v) is 17.9. The van der Waals surface area contributed by atoms with E-state index < -0.39 is 75.8 Å². The molecule has 0 saturated carbocycles. The van der Waals surface area contributed by atoms with E-state index in [1.165, 1.54) is 42.0 Å². The van der Waals surface area contributed by atoms with E-state index in [9.17, 15) is 45.4 Å². The van der Waals surface area contributed by atoms with Gasteiger partial charge in [-0.25, -0.2) is 4.39 Å². The number of piperidine rings is 1. The summed E-state index contributed by atoms with van der Waals surface area (Å²) in [6.45, 7) is 2.89. The molecule has 1 saturated heterocycles. The lowest BCUT2D eigenvalue weighted by Gasteiger charge is -2.51. The molecule has 0 bridgehead atoms. The van der Waals surface area contributed by atoms with E-state index in [0.717, 1.165) is 34.7 Å². The lowest BCUT2D eigenvalue weighted by molar-refractivity contribution is -0.163. The molecule has 288 valence electrons. The average molecular weight is 773 g/mol. The number of carbonyl (C=O) groups is 3. The quantitative estimate of drug-likeness (QED) is 0.230. The number of thiophene rings is 1. The third-order valence-corrected chi connectivity index (χ3v) is 10.7. The lowest BCUT2D eigenvalue weighted by atomic mass is 9.78. The van der Waals surface area contributed by atoms with Crippen molar-refractivity contribution in [3.8, 4) is 5.75 Å². The third-order valence-electron chi connectivity index (χ3n) is 9.71. The zero-order chi connectivity index (χ0) is 38.9. The van der Waals surface area contributed by atoms with Crippen LogP contribution in [0.15, 0.2) is 48.0 Å². The number of aromatic nitrogens is 1. The Labute approximate surface area is 305 Å². The molecule has 1 unspecified atom stereocenters. The number of hydrogen-bond acceptors (Lipinski definition) is 7. The molecule has 2 aliphatic heterocycles. The van der Waals surface area contributed by atoms with Crippen LogP contribution in [0.4, 0.5) is 30.7 Å². The van der Waals surface area contributed by atoms with Crippen molar-refractivity contribution in [1.29, 1.82) is 0 Å². The molecule has 2 aliphatic rings. The minimum atomic E-state index is -4.94. The number of amides is 3. The molecule has 9 nitrogen and oxygen atoms in total. The molecule has 53 heavy (non-hydrogen) atoms. The number of hydrogen-bond donors (Lipinski definition) is 1. The number of fused-ring (bicyclic) bond motifs is 1. The fourth-order valence-electron chi connectivity index (χ4n) is 7.20. The van der Waals surface area contributed by atoms with Crippen LogP contribution in [0.2, 0.25) is 0 Å². The number of aliphatic hydroxyl groups is 1. The van der Waals surface area contributed by atoms with Crippen molar-refractivity contribution in [3.63, 3.8) is 0 Å². The van der Waals surface area contributed by atoms with Gasteiger partial charge in [0.05, 0.1) is 11.6 Å². The molecule has 5 rings (SSSR count). The van der Waals surface area contributed by atoms with Crippen molar-refractivity contribution < 1.29 is 55.0 Å². The van der Waals surface area contributed by atoms with Crippen molar-refractivity contribution in [2.75, 3.05) is 20.1 Å². The standard InChI is InChI=1S/C36H39F7N4O5S/c1-4-7-28-34(52-26-18-29(53-20-26)36(41,42)43,12-6-14-46(28)32(50)30-27(35(38,39)40)8-5-13-44-30)33(51)47-19-22-9-10-24(37)16-23(22)17-25(47)11-15-45(3)31(49)21(2)48/h5,8-10,13,16,18,20-21,25,28,48H,4,6-7,11-12,14-15,17,19H2,1-3H3/t21?,25-,28+,34-/m0/s1. The van der Waals surface area contributed by atoms with E-state index in [1.54, 1.807) is 6.92 Å². The van der Waals surface area contributed by atoms with E-state index in [0.29, 0.717) is 28.9 Å². The monoisotopic (exact) mass is 772 g/mol. The van der Waals surface area contributed by atoms with E-state index >= 15 is 4.79 Å². The summed E-state index contributed by atoms with van der Waals surface area (Å²) in [7, 11) is 1.46. The second kappa shape index (κ2) is 15.6. The van der Waals surface area contributed by atoms with Gasteiger partial charge in [-0.05, 0) is 68.0 Å². The Hall–Kier alpha value is -4.25. The molecule has 4 heterocycles. The number of nitrogens with zero attached hydrogens (tertiary/aromatic N) is 4. The Kier molecular flexibility index (Phi) is 11.8. The molecule has 1 N–H and O–H groups in total. The number of pyridine rings is 1. The van der Waals surface area contributed by atoms with Gasteiger partial charge in [-0.15, -0.1) is 11.3 Å². The number of ether oxygens (including phenoxy) is 1. The molecular formula is C36H39F7N4O5S. The van der Waals surface area contributed by atoms with Crippen molar-refractivity contribution in [2.45, 2.75) is 95.1 Å². The smallest absolute Gasteiger partial charge is 0.425 e. The summed E-state index contributed by atoms with van der Waals surface area (Å²) in [6.07, 6.45) is -9.44. The number of alkyl halides is 6. The highest BCUT2D eigenvalue weighted by atomic mass is 32.1. The van der Waals surface area contributed by atoms with Gasteiger partial charge in [0.25, 0.3) is 17.7 Å². The second-order valence-corrected chi connectivity index (χ2v) is 14.3. The van der Waals surface area contributed by atoms with E-state index in [4.69, 9.17) is 4.74 Å². The Balaban J connectivity index is 1.63. The Morgan fingerprint density at radius 1 is 1.08 bits per heavy atom. The summed E-state index contributed by atoms with van der Waals surface area (Å²) in [5, 5.41) is 10.9. The van der Waals surface area contributed by atoms with Gasteiger partial charge in [0.15, 0.2) is 0 Å². The van der Waals surface area contributed by atoms with Gasteiger partial charge in [0.1, 0.15) is 28.2 Å². The zero-order valence-corrected chi connectivity index (χ0v) is 30.0. The second-order valence-electron chi connectivity index (χ2n) is 13.4. The molecule has 17 heteroatoms. The molecule has 1 fully saturated rings. The molecule has 2 aromatic heterocycles. The molecule has 4 atom stereocenters. The van der Waals surface area contributed by atoms with Crippen molar-refractivity contribution in [1.82, 2.24) is 19.7 Å². The third kappa shape index (κ3) is 8.45. The van der Waals surface area contributed by atoms with E-state index in [1.807, 2.05) is 0 Å². The number of likely N-dealkylation sites (N-methyl/N-ethyl adjacent to an activating group) is 1. The van der Waals surface area contributed by atoms with Crippen LogP contribution in [-0.2, 0) is 34.9 Å². The molecule has 0 spiro atoms. The van der Waals surface area contributed by atoms with Crippen LogP contribution in [0.1, 0.15) is 78.0 Å². The van der Waals surface area contributed by atoms with Crippen LogP contribution in [0.5, 0.6) is 5.75 Å². The van der Waals surface area contributed by atoms with Crippen molar-refractivity contribution in [3.05, 3.63) is 81.1 Å². The maximum Gasteiger partial charge on any atom is 0.425 e. The van der Waals surface area contributed by atoms with E-state index in [-0.39, 0.29) is 57.5 Å². The number of likely N-dealkylation sites (tertiary alicyclic amines) is 1. The first kappa shape index (κ1) is 39.9. The maximum absolute atomic E-state index is 15.3. The minimum Gasteiger partial charge on any atom is -0.474 e. The highest BCUT2D eigenvalue weighted by Crippen LogP contribution is 2.43. The summed E-state index contributed by atoms with van der Waals surface area (Å²) < 4.78 is 104. The average Bonchev–Trinajstić information content (AvgIpc) is 3.58. The van der Waals surface area contributed by atoms with Gasteiger partial charge in [0, 0.05) is 56.8 Å². The van der Waals surface area contributed by atoms with Crippen LogP contribution in [0.3, 0.4) is 0 Å². The summed E-state index contributed by atoms with van der Waals surface area (Å²) in [6, 6.07) is 4.58. The zero-order valence-electron chi connectivity index (χ0n) is 29.1. The van der Waals surface area contributed by atoms with Gasteiger partial charge in [-0.1, -0.05) is 19.4 Å². The van der Waals surface area contributed by atoms with Gasteiger partial charge in [0.2, 0.25) is 5.60 Å². The van der Waals surface area contributed by atoms with E-state index in [2.05, 4.69) is 4.98 Å². The van der Waals surface area contributed by atoms with Gasteiger partial charge in [-0.3, -0.25) is 19.4 Å². The molecule has 0 radical (unpaired) electrons. The van der Waals surface area contributed by atoms with Crippen molar-refractivity contribution in [2.24, 2.45) is 0 Å². The summed E-state index contributed by atoms with van der Waals surface area (Å²) in [5.41, 5.74) is -3.10. The van der Waals surface area contributed by atoms with Crippen LogP contribution in [-0.4, -0.2) is 86.4 Å². The predicted octanol–water partition coefficient (Wildman–Crippen LogP) is 6.73. The number of halogens is 7. The number of benzene rings is 1. The molecule has 0 aliphatic carbocycles. The Morgan fingerprint density at radius 2 is 1.81 bits per heavy atom. The highest BCUT2D eigenvalue weighted by Gasteiger charge is 2.57. The van der Waals surface area contributed by atoms with Crippen LogP contribution < -0.4 is 4.74 Å². The SMILES string of the molecule is CCC[C@H]1N(C(=O)c2ncccc2C(F)(F)F)CCC[C@@]1(Oc1csc(C(F)(F)F)c1)C(=O)N1Cc2ccc(F)cc2C[C@@H]1CCN(C)C(=O)C(C)O. The van der Waals surface area contributed by atoms with Crippen LogP contribution in [0, 0.1) is 5.82 Å². The summed E-state index contributed by atoms with van der Waals surface area (Å²) >= 11 is 0.339. The molecular weight excluding hydrogens is 733 g/mol. The molecule has 1 aromatic carbocycles. The predicted molar refractivity (Wildman–Crippen MR) is 179 cm³/mol. The maximum atomic E-state index is 15.3. The molecule has 3 aromatic rings. The van der Waals surface area contributed by atoms with Gasteiger partial charge in [-0.2, -0.15) is 26.3 Å². The summed E-state index contributed by atoms with van der Waals surface area (Å²) in [4.78, 5) is 48.5. The summed E-state index contributed by atoms with van der Waals surface area (Å²) in [5.74, 6) is -3.25. The normalized spacial score (nSPS) is 21.2. The van der Waals surface area contributed by atoms with Gasteiger partial charge >= 0.3 is 12.4 Å². The fourth-order valence-corrected chi connectivity index (χ4v) is 7.88. The lowest BCUT2D eigenvalue weighted by Crippen LogP contribution is -2.69. The minimum absolute atomic E-state index is 0.0217. The Bertz CT molecular complexity index is 1820. The largest absolute Gasteiger partial charge is 0.474 e. The van der Waals surface area contributed by atoms with Gasteiger partial charge < -0.3 is 24.5 Å². The van der Waals surface area contributed by atoms with Crippen LogP contribution >= 0.6 is 11.3 Å². The number of rotatable bonds is 10. The topological polar surface area (TPSA) is 103 Å². The fraction of sp³-hybridized carbons (Fsp3) is 0.500. The molecule has 3 amide bonds. The van der Waals surface area contributed by atoms with Crippen LogP contribution in [0.25, 0.3) is 0 Å². The Morgan fingerprint density at radius 3 is 2.45 bits per heavy atom. The first-order valence-electron chi connectivity index (χ1n) is 17.1.